The lowest BCUT2D eigenvalue weighted by Crippen LogP contribution is -2.05. The van der Waals surface area contributed by atoms with Gasteiger partial charge < -0.3 is 14.8 Å². The van der Waals surface area contributed by atoms with Crippen LogP contribution in [-0.4, -0.2) is 36.1 Å². The zero-order valence-electron chi connectivity index (χ0n) is 10.9. The van der Waals surface area contributed by atoms with Crippen molar-refractivity contribution in [2.45, 2.75) is 0 Å². The van der Waals surface area contributed by atoms with Crippen LogP contribution in [0.5, 0.6) is 6.01 Å². The molecule has 0 saturated heterocycles. The molecule has 2 aromatic heterocycles. The number of nitrogens with zero attached hydrogens (tertiary/aromatic N) is 4. The van der Waals surface area contributed by atoms with Crippen molar-refractivity contribution in [1.29, 1.82) is 0 Å². The fourth-order valence-corrected chi connectivity index (χ4v) is 2.10. The highest BCUT2D eigenvalue weighted by Crippen LogP contribution is 2.34. The Hall–Kier alpha value is -3.83. The third-order valence-corrected chi connectivity index (χ3v) is 2.97. The van der Waals surface area contributed by atoms with E-state index in [1.165, 1.54) is 0 Å². The number of carbonyl (C=O) groups is 1. The molecule has 0 aliphatic rings. The quantitative estimate of drug-likeness (QED) is 0.415. The van der Waals surface area contributed by atoms with Crippen LogP contribution in [0.4, 0.5) is 16.2 Å². The van der Waals surface area contributed by atoms with Crippen molar-refractivity contribution in [2.75, 3.05) is 0 Å². The van der Waals surface area contributed by atoms with Crippen molar-refractivity contribution in [3.63, 3.8) is 0 Å². The molecule has 0 unspecified atom stereocenters. The predicted octanol–water partition coefficient (Wildman–Crippen LogP) is 1.98. The van der Waals surface area contributed by atoms with Gasteiger partial charge in [0.2, 0.25) is 0 Å². The first kappa shape index (κ1) is 14.1. The molecule has 12 heteroatoms. The summed E-state index contributed by atoms with van der Waals surface area (Å²) in [6, 6.07) is 1.42. The van der Waals surface area contributed by atoms with Crippen molar-refractivity contribution >= 4 is 39.5 Å². The number of hydrogen-bond acceptors (Lipinski definition) is 8. The van der Waals surface area contributed by atoms with Crippen LogP contribution in [0.25, 0.3) is 21.9 Å². The van der Waals surface area contributed by atoms with Gasteiger partial charge in [-0.2, -0.15) is 4.98 Å². The molecule has 3 rings (SSSR count). The summed E-state index contributed by atoms with van der Waals surface area (Å²) in [6.45, 7) is 0. The molecule has 0 radical (unpaired) electrons. The lowest BCUT2D eigenvalue weighted by atomic mass is 10.2. The minimum atomic E-state index is -1.64. The maximum absolute atomic E-state index is 11.1. The molecule has 0 bridgehead atoms. The number of aromatic amines is 1. The molecule has 0 aliphatic carbocycles. The van der Waals surface area contributed by atoms with E-state index in [9.17, 15) is 25.0 Å². The second-order valence-electron chi connectivity index (χ2n) is 4.31. The van der Waals surface area contributed by atoms with Gasteiger partial charge in [0.1, 0.15) is 11.0 Å². The molecule has 0 spiro atoms. The zero-order chi connectivity index (χ0) is 16.7. The molecule has 116 valence electrons. The molecule has 2 heterocycles. The molecule has 0 fully saturated rings. The van der Waals surface area contributed by atoms with E-state index < -0.39 is 33.4 Å². The topological polar surface area (TPSA) is 174 Å². The van der Waals surface area contributed by atoms with Gasteiger partial charge in [-0.25, -0.2) is 9.78 Å². The number of hydrogen-bond donors (Lipinski definition) is 2. The average Bonchev–Trinajstić information content (AvgIpc) is 2.83. The second kappa shape index (κ2) is 4.87. The molecule has 0 saturated carbocycles. The molecule has 3 aromatic rings. The van der Waals surface area contributed by atoms with Crippen molar-refractivity contribution in [2.24, 2.45) is 0 Å². The summed E-state index contributed by atoms with van der Waals surface area (Å²) in [4.78, 5) is 41.1. The Morgan fingerprint density at radius 1 is 1.26 bits per heavy atom. The molecule has 23 heavy (non-hydrogen) atoms. The molecule has 0 aliphatic heterocycles. The average molecular weight is 319 g/mol. The van der Waals surface area contributed by atoms with Crippen LogP contribution in [0.15, 0.2) is 18.3 Å². The Morgan fingerprint density at radius 3 is 2.61 bits per heavy atom. The maximum atomic E-state index is 11.1. The predicted molar refractivity (Wildman–Crippen MR) is 73.4 cm³/mol. The second-order valence-corrected chi connectivity index (χ2v) is 4.31. The first-order valence-corrected chi connectivity index (χ1v) is 5.89. The van der Waals surface area contributed by atoms with Gasteiger partial charge in [0.25, 0.3) is 11.4 Å². The molecule has 1 aromatic carbocycles. The van der Waals surface area contributed by atoms with E-state index in [2.05, 4.69) is 19.7 Å². The zero-order valence-corrected chi connectivity index (χ0v) is 10.9. The number of aromatic nitrogens is 3. The van der Waals surface area contributed by atoms with Crippen LogP contribution >= 0.6 is 0 Å². The van der Waals surface area contributed by atoms with E-state index in [0.29, 0.717) is 0 Å². The van der Waals surface area contributed by atoms with E-state index in [4.69, 9.17) is 5.11 Å². The summed E-state index contributed by atoms with van der Waals surface area (Å²) in [6.07, 6.45) is -0.475. The minimum absolute atomic E-state index is 0.0115. The van der Waals surface area contributed by atoms with Gasteiger partial charge in [-0.3, -0.25) is 20.2 Å². The third-order valence-electron chi connectivity index (χ3n) is 2.97. The van der Waals surface area contributed by atoms with Crippen LogP contribution < -0.4 is 4.74 Å². The van der Waals surface area contributed by atoms with Crippen molar-refractivity contribution in [3.05, 3.63) is 38.6 Å². The van der Waals surface area contributed by atoms with Gasteiger partial charge in [-0.05, 0) is 0 Å². The third kappa shape index (κ3) is 2.33. The highest BCUT2D eigenvalue weighted by Gasteiger charge is 2.23. The van der Waals surface area contributed by atoms with E-state index in [0.717, 1.165) is 18.3 Å². The normalized spacial score (nSPS) is 10.8. The van der Waals surface area contributed by atoms with Crippen LogP contribution in [-0.2, 0) is 0 Å². The Balaban J connectivity index is 2.36. The fraction of sp³-hybridized carbons (Fsp3) is 0. The Labute approximate surface area is 124 Å². The SMILES string of the molecule is O=C(O)Oc1ncc2[nH]c3c([N+](=O)[O-])cc([N+](=O)[O-])cc3c2n1. The van der Waals surface area contributed by atoms with Crippen molar-refractivity contribution in [3.8, 4) is 6.01 Å². The summed E-state index contributed by atoms with van der Waals surface area (Å²) < 4.78 is 4.31. The fourth-order valence-electron chi connectivity index (χ4n) is 2.10. The number of nitrogens with one attached hydrogen (secondary N) is 1. The Morgan fingerprint density at radius 2 is 2.00 bits per heavy atom. The van der Waals surface area contributed by atoms with Crippen LogP contribution in [0, 0.1) is 20.2 Å². The van der Waals surface area contributed by atoms with E-state index >= 15 is 0 Å². The van der Waals surface area contributed by atoms with Gasteiger partial charge in [0.15, 0.2) is 0 Å². The van der Waals surface area contributed by atoms with Crippen LogP contribution in [0.1, 0.15) is 0 Å². The molecular weight excluding hydrogens is 314 g/mol. The van der Waals surface area contributed by atoms with Crippen molar-refractivity contribution < 1.29 is 24.5 Å². The largest absolute Gasteiger partial charge is 0.513 e. The summed E-state index contributed by atoms with van der Waals surface area (Å²) in [5, 5.41) is 30.7. The number of ether oxygens (including phenoxy) is 1. The molecule has 0 atom stereocenters. The standard InChI is InChI=1S/C11H5N5O7/c17-11(18)23-10-12-3-6-8(14-10)5-1-4(15(19)20)2-7(16(21)22)9(5)13-6/h1-3,13H,(H,17,18). The number of fused-ring (bicyclic) bond motifs is 3. The van der Waals surface area contributed by atoms with E-state index in [-0.39, 0.29) is 21.9 Å². The number of nitro benzene ring substituents is 2. The van der Waals surface area contributed by atoms with Crippen molar-refractivity contribution in [1.82, 2.24) is 15.0 Å². The smallest absolute Gasteiger partial charge is 0.449 e. The van der Waals surface area contributed by atoms with Crippen LogP contribution in [0.2, 0.25) is 0 Å². The lowest BCUT2D eigenvalue weighted by molar-refractivity contribution is -0.393. The Bertz CT molecular complexity index is 995. The first-order valence-electron chi connectivity index (χ1n) is 5.89. The van der Waals surface area contributed by atoms with Gasteiger partial charge in [0.05, 0.1) is 27.6 Å². The monoisotopic (exact) mass is 319 g/mol. The molecule has 12 nitrogen and oxygen atoms in total. The van der Waals surface area contributed by atoms with Gasteiger partial charge in [-0.15, -0.1) is 0 Å². The number of benzene rings is 1. The minimum Gasteiger partial charge on any atom is -0.449 e. The summed E-state index contributed by atoms with van der Waals surface area (Å²) in [5.41, 5.74) is -0.686. The summed E-state index contributed by atoms with van der Waals surface area (Å²) in [5.74, 6) is 0. The highest BCUT2D eigenvalue weighted by molar-refractivity contribution is 6.08. The molecule has 2 N–H and O–H groups in total. The number of rotatable bonds is 3. The van der Waals surface area contributed by atoms with E-state index in [1.54, 1.807) is 0 Å². The van der Waals surface area contributed by atoms with Gasteiger partial charge >= 0.3 is 12.2 Å². The first-order chi connectivity index (χ1) is 10.9. The molecular formula is C11H5N5O7. The van der Waals surface area contributed by atoms with E-state index in [1.807, 2.05) is 0 Å². The number of non-ortho nitro benzene ring substituents is 2. The highest BCUT2D eigenvalue weighted by atomic mass is 16.7. The number of nitro groups is 2. The maximum Gasteiger partial charge on any atom is 0.513 e. The van der Waals surface area contributed by atoms with Gasteiger partial charge in [0, 0.05) is 11.5 Å². The van der Waals surface area contributed by atoms with Gasteiger partial charge in [-0.1, -0.05) is 0 Å². The molecule has 0 amide bonds. The summed E-state index contributed by atoms with van der Waals surface area (Å²) in [7, 11) is 0. The Kier molecular flexibility index (Phi) is 2.99. The summed E-state index contributed by atoms with van der Waals surface area (Å²) >= 11 is 0. The number of H-pyrrole nitrogens is 1. The van der Waals surface area contributed by atoms with Crippen LogP contribution in [0.3, 0.4) is 0 Å². The lowest BCUT2D eigenvalue weighted by Gasteiger charge is -1.97. The number of carboxylic acid groups (broad SMARTS) is 1.